The Bertz CT molecular complexity index is 646. The van der Waals surface area contributed by atoms with E-state index in [1.54, 1.807) is 12.0 Å². The van der Waals surface area contributed by atoms with Crippen molar-refractivity contribution in [3.8, 4) is 5.75 Å². The van der Waals surface area contributed by atoms with Gasteiger partial charge in [0.2, 0.25) is 11.8 Å². The van der Waals surface area contributed by atoms with Crippen molar-refractivity contribution in [3.05, 3.63) is 29.8 Å². The summed E-state index contributed by atoms with van der Waals surface area (Å²) in [7, 11) is 3.51. The maximum Gasteiger partial charge on any atom is 0.226 e. The fourth-order valence-electron chi connectivity index (χ4n) is 3.82. The molecule has 1 aromatic carbocycles. The minimum atomic E-state index is -0.202. The van der Waals surface area contributed by atoms with E-state index < -0.39 is 0 Å². The summed E-state index contributed by atoms with van der Waals surface area (Å²) in [5.74, 6) is 0.820. The SMILES string of the molecule is CCN(CC)C(=O)[C@@H]1CCC[C@@H](NCc2cccc(OC)c2)CN(C)C(=O)C1. The second kappa shape index (κ2) is 11.1. The summed E-state index contributed by atoms with van der Waals surface area (Å²) in [6.45, 7) is 6.76. The van der Waals surface area contributed by atoms with E-state index in [1.165, 1.54) is 0 Å². The molecule has 1 fully saturated rings. The van der Waals surface area contributed by atoms with E-state index in [4.69, 9.17) is 4.74 Å². The Hall–Kier alpha value is -2.08. The number of carbonyl (C=O) groups excluding carboxylic acids is 2. The zero-order valence-electron chi connectivity index (χ0n) is 17.7. The highest BCUT2D eigenvalue weighted by atomic mass is 16.5. The molecule has 6 heteroatoms. The molecule has 1 N–H and O–H groups in total. The number of likely N-dealkylation sites (N-methyl/N-ethyl adjacent to an activating group) is 1. The molecular weight excluding hydrogens is 354 g/mol. The molecule has 1 aliphatic heterocycles. The van der Waals surface area contributed by atoms with E-state index >= 15 is 0 Å². The molecule has 0 bridgehead atoms. The molecule has 2 amide bonds. The number of rotatable bonds is 7. The summed E-state index contributed by atoms with van der Waals surface area (Å²) in [4.78, 5) is 29.0. The second-order valence-corrected chi connectivity index (χ2v) is 7.55. The molecule has 1 heterocycles. The van der Waals surface area contributed by atoms with Crippen LogP contribution < -0.4 is 10.1 Å². The number of hydrogen-bond acceptors (Lipinski definition) is 4. The summed E-state index contributed by atoms with van der Waals surface area (Å²) >= 11 is 0. The lowest BCUT2D eigenvalue weighted by Crippen LogP contribution is -2.42. The number of benzene rings is 1. The molecule has 156 valence electrons. The molecule has 0 saturated carbocycles. The van der Waals surface area contributed by atoms with Crippen LogP contribution >= 0.6 is 0 Å². The van der Waals surface area contributed by atoms with Crippen molar-refractivity contribution in [1.29, 1.82) is 0 Å². The number of amides is 2. The molecule has 6 nitrogen and oxygen atoms in total. The molecule has 1 aliphatic rings. The van der Waals surface area contributed by atoms with E-state index in [-0.39, 0.29) is 23.8 Å². The average molecular weight is 390 g/mol. The van der Waals surface area contributed by atoms with Crippen LogP contribution in [0.5, 0.6) is 5.75 Å². The first-order valence-corrected chi connectivity index (χ1v) is 10.4. The van der Waals surface area contributed by atoms with Gasteiger partial charge in [-0.05, 0) is 44.4 Å². The lowest BCUT2D eigenvalue weighted by molar-refractivity contribution is -0.140. The Balaban J connectivity index is 1.99. The number of ether oxygens (including phenoxy) is 1. The highest BCUT2D eigenvalue weighted by Crippen LogP contribution is 2.21. The Morgan fingerprint density at radius 3 is 2.71 bits per heavy atom. The van der Waals surface area contributed by atoms with Gasteiger partial charge in [0.25, 0.3) is 0 Å². The second-order valence-electron chi connectivity index (χ2n) is 7.55. The van der Waals surface area contributed by atoms with Gasteiger partial charge in [0.05, 0.1) is 7.11 Å². The quantitative estimate of drug-likeness (QED) is 0.779. The van der Waals surface area contributed by atoms with Gasteiger partial charge in [-0.2, -0.15) is 0 Å². The molecule has 1 saturated heterocycles. The largest absolute Gasteiger partial charge is 0.497 e. The van der Waals surface area contributed by atoms with Crippen LogP contribution in [-0.4, -0.2) is 61.4 Å². The lowest BCUT2D eigenvalue weighted by atomic mass is 9.95. The third-order valence-electron chi connectivity index (χ3n) is 5.60. The van der Waals surface area contributed by atoms with Gasteiger partial charge in [0.15, 0.2) is 0 Å². The summed E-state index contributed by atoms with van der Waals surface area (Å²) in [6.07, 6.45) is 2.97. The first-order chi connectivity index (χ1) is 13.5. The molecule has 0 aromatic heterocycles. The topological polar surface area (TPSA) is 61.9 Å². The highest BCUT2D eigenvalue weighted by molar-refractivity contribution is 5.85. The van der Waals surface area contributed by atoms with Crippen molar-refractivity contribution in [2.45, 2.75) is 52.1 Å². The van der Waals surface area contributed by atoms with Gasteiger partial charge in [0.1, 0.15) is 5.75 Å². The van der Waals surface area contributed by atoms with Gasteiger partial charge in [-0.1, -0.05) is 18.6 Å². The van der Waals surface area contributed by atoms with E-state index in [1.807, 2.05) is 44.0 Å². The van der Waals surface area contributed by atoms with Crippen LogP contribution in [-0.2, 0) is 16.1 Å². The van der Waals surface area contributed by atoms with Crippen LogP contribution in [0.25, 0.3) is 0 Å². The zero-order valence-corrected chi connectivity index (χ0v) is 17.7. The number of carbonyl (C=O) groups is 2. The third-order valence-corrected chi connectivity index (χ3v) is 5.60. The number of nitrogens with zero attached hydrogens (tertiary/aromatic N) is 2. The van der Waals surface area contributed by atoms with Crippen molar-refractivity contribution < 1.29 is 14.3 Å². The molecule has 0 aliphatic carbocycles. The monoisotopic (exact) mass is 389 g/mol. The van der Waals surface area contributed by atoms with E-state index in [0.29, 0.717) is 26.1 Å². The predicted molar refractivity (Wildman–Crippen MR) is 111 cm³/mol. The van der Waals surface area contributed by atoms with Crippen LogP contribution in [0.1, 0.15) is 45.1 Å². The first kappa shape index (κ1) is 22.2. The molecule has 0 spiro atoms. The Labute approximate surface area is 169 Å². The fourth-order valence-corrected chi connectivity index (χ4v) is 3.82. The van der Waals surface area contributed by atoms with Gasteiger partial charge in [-0.15, -0.1) is 0 Å². The van der Waals surface area contributed by atoms with Gasteiger partial charge >= 0.3 is 0 Å². The fraction of sp³-hybridized carbons (Fsp3) is 0.636. The van der Waals surface area contributed by atoms with Crippen LogP contribution in [0.4, 0.5) is 0 Å². The number of methoxy groups -OCH3 is 1. The maximum absolute atomic E-state index is 12.8. The summed E-state index contributed by atoms with van der Waals surface area (Å²) < 4.78 is 5.29. The minimum absolute atomic E-state index is 0.0561. The van der Waals surface area contributed by atoms with Crippen molar-refractivity contribution in [2.24, 2.45) is 5.92 Å². The van der Waals surface area contributed by atoms with Crippen molar-refractivity contribution in [3.63, 3.8) is 0 Å². The Morgan fingerprint density at radius 1 is 1.29 bits per heavy atom. The normalized spacial score (nSPS) is 20.9. The van der Waals surface area contributed by atoms with Crippen LogP contribution in [0.2, 0.25) is 0 Å². The van der Waals surface area contributed by atoms with Gasteiger partial charge in [-0.25, -0.2) is 0 Å². The average Bonchev–Trinajstić information content (AvgIpc) is 2.77. The van der Waals surface area contributed by atoms with E-state index in [9.17, 15) is 9.59 Å². The molecule has 0 radical (unpaired) electrons. The molecule has 28 heavy (non-hydrogen) atoms. The van der Waals surface area contributed by atoms with Gasteiger partial charge in [-0.3, -0.25) is 9.59 Å². The van der Waals surface area contributed by atoms with Gasteiger partial charge < -0.3 is 19.9 Å². The smallest absolute Gasteiger partial charge is 0.226 e. The molecule has 1 aromatic rings. The number of nitrogens with one attached hydrogen (secondary N) is 1. The minimum Gasteiger partial charge on any atom is -0.497 e. The standard InChI is InChI=1S/C22H35N3O3/c1-5-25(6-2)22(27)18-10-8-11-19(16-24(3)21(26)14-18)23-15-17-9-7-12-20(13-17)28-4/h7,9,12-13,18-19,23H,5-6,8,10-11,14-16H2,1-4H3/t18-,19-/m1/s1. The zero-order chi connectivity index (χ0) is 20.5. The summed E-state index contributed by atoms with van der Waals surface area (Å²) in [5, 5.41) is 3.58. The van der Waals surface area contributed by atoms with Crippen LogP contribution in [0.15, 0.2) is 24.3 Å². The molecule has 0 unspecified atom stereocenters. The van der Waals surface area contributed by atoms with Crippen molar-refractivity contribution >= 4 is 11.8 Å². The highest BCUT2D eigenvalue weighted by Gasteiger charge is 2.29. The van der Waals surface area contributed by atoms with Crippen molar-refractivity contribution in [1.82, 2.24) is 15.1 Å². The lowest BCUT2D eigenvalue weighted by Gasteiger charge is -2.26. The Kier molecular flexibility index (Phi) is 8.77. The molecule has 2 atom stereocenters. The van der Waals surface area contributed by atoms with Crippen LogP contribution in [0, 0.1) is 5.92 Å². The van der Waals surface area contributed by atoms with Crippen LogP contribution in [0.3, 0.4) is 0 Å². The molecular formula is C22H35N3O3. The summed E-state index contributed by atoms with van der Waals surface area (Å²) in [5.41, 5.74) is 1.16. The number of hydrogen-bond donors (Lipinski definition) is 1. The maximum atomic E-state index is 12.8. The van der Waals surface area contributed by atoms with E-state index in [0.717, 1.165) is 37.1 Å². The Morgan fingerprint density at radius 2 is 2.04 bits per heavy atom. The van der Waals surface area contributed by atoms with E-state index in [2.05, 4.69) is 11.4 Å². The van der Waals surface area contributed by atoms with Crippen molar-refractivity contribution in [2.75, 3.05) is 33.8 Å². The summed E-state index contributed by atoms with van der Waals surface area (Å²) in [6, 6.07) is 8.22. The third kappa shape index (κ3) is 6.23. The van der Waals surface area contributed by atoms with Gasteiger partial charge in [0, 0.05) is 51.6 Å². The predicted octanol–water partition coefficient (Wildman–Crippen LogP) is 2.67. The first-order valence-electron chi connectivity index (χ1n) is 10.4. The molecule has 2 rings (SSSR count).